The van der Waals surface area contributed by atoms with Gasteiger partial charge in [0.15, 0.2) is 10.8 Å². The third kappa shape index (κ3) is 2.03. The molecule has 0 unspecified atom stereocenters. The number of imidazole rings is 1. The first-order valence-electron chi connectivity index (χ1n) is 6.02. The van der Waals surface area contributed by atoms with Crippen LogP contribution in [0.5, 0.6) is 0 Å². The van der Waals surface area contributed by atoms with Gasteiger partial charge in [-0.1, -0.05) is 18.5 Å². The first kappa shape index (κ1) is 12.6. The molecule has 0 aliphatic carbocycles. The van der Waals surface area contributed by atoms with E-state index < -0.39 is 0 Å². The molecule has 1 aliphatic rings. The largest absolute Gasteiger partial charge is 0.394 e. The number of ether oxygens (including phenoxy) is 1. The summed E-state index contributed by atoms with van der Waals surface area (Å²) in [5.74, 6) is 0.341. The van der Waals surface area contributed by atoms with Crippen LogP contribution in [0.15, 0.2) is 6.33 Å². The van der Waals surface area contributed by atoms with Gasteiger partial charge in [0, 0.05) is 5.92 Å². The fraction of sp³-hybridized carbons (Fsp3) is 0.545. The molecule has 2 aromatic heterocycles. The van der Waals surface area contributed by atoms with Crippen molar-refractivity contribution in [3.05, 3.63) is 11.5 Å². The summed E-state index contributed by atoms with van der Waals surface area (Å²) >= 11 is 5.99. The Morgan fingerprint density at radius 1 is 1.58 bits per heavy atom. The van der Waals surface area contributed by atoms with Crippen LogP contribution in [0.25, 0.3) is 11.2 Å². The zero-order valence-electron chi connectivity index (χ0n) is 10.3. The van der Waals surface area contributed by atoms with E-state index in [0.717, 1.165) is 6.42 Å². The average Bonchev–Trinajstić information content (AvgIpc) is 2.92. The fourth-order valence-corrected chi connectivity index (χ4v) is 2.68. The van der Waals surface area contributed by atoms with Crippen LogP contribution in [0.4, 0.5) is 5.95 Å². The molecule has 1 aliphatic heterocycles. The van der Waals surface area contributed by atoms with Gasteiger partial charge in [0.05, 0.1) is 19.0 Å². The molecule has 3 rings (SSSR count). The molecule has 3 atom stereocenters. The SMILES string of the molecule is C[C@@H]1C[C@@H](CO)O[C@@H]1n1cnc2c(Cl)nc(N)nc21. The predicted octanol–water partition coefficient (Wildman–Crippen LogP) is 0.978. The maximum Gasteiger partial charge on any atom is 0.223 e. The van der Waals surface area contributed by atoms with E-state index in [1.165, 1.54) is 0 Å². The van der Waals surface area contributed by atoms with Crippen LogP contribution in [-0.2, 0) is 4.74 Å². The number of nitrogens with two attached hydrogens (primary N) is 1. The second-order valence-electron chi connectivity index (χ2n) is 4.74. The van der Waals surface area contributed by atoms with E-state index >= 15 is 0 Å². The van der Waals surface area contributed by atoms with Crippen molar-refractivity contribution in [2.45, 2.75) is 25.7 Å². The molecule has 0 bridgehead atoms. The Morgan fingerprint density at radius 2 is 2.37 bits per heavy atom. The molecule has 19 heavy (non-hydrogen) atoms. The zero-order valence-corrected chi connectivity index (χ0v) is 11.1. The summed E-state index contributed by atoms with van der Waals surface area (Å²) in [4.78, 5) is 12.2. The van der Waals surface area contributed by atoms with Crippen LogP contribution < -0.4 is 5.73 Å². The van der Waals surface area contributed by atoms with Gasteiger partial charge >= 0.3 is 0 Å². The van der Waals surface area contributed by atoms with Crippen LogP contribution in [0.1, 0.15) is 19.6 Å². The molecular formula is C11H14ClN5O2. The van der Waals surface area contributed by atoms with Crippen molar-refractivity contribution in [1.29, 1.82) is 0 Å². The van der Waals surface area contributed by atoms with E-state index in [1.807, 2.05) is 0 Å². The van der Waals surface area contributed by atoms with E-state index in [4.69, 9.17) is 22.1 Å². The molecule has 0 saturated carbocycles. The number of nitrogen functional groups attached to an aromatic ring is 1. The van der Waals surface area contributed by atoms with Gasteiger partial charge in [-0.15, -0.1) is 0 Å². The van der Waals surface area contributed by atoms with Crippen LogP contribution in [0.2, 0.25) is 5.15 Å². The number of aliphatic hydroxyl groups is 1. The minimum atomic E-state index is -0.229. The van der Waals surface area contributed by atoms with Crippen molar-refractivity contribution in [2.75, 3.05) is 12.3 Å². The first-order valence-corrected chi connectivity index (χ1v) is 6.39. The molecule has 2 aromatic rings. The van der Waals surface area contributed by atoms with E-state index in [1.54, 1.807) is 10.9 Å². The summed E-state index contributed by atoms with van der Waals surface area (Å²) in [7, 11) is 0. The molecule has 0 amide bonds. The standard InChI is InChI=1S/C11H14ClN5O2/c1-5-2-6(3-18)19-10(5)17-4-14-7-8(12)15-11(13)16-9(7)17/h4-6,10,18H,2-3H2,1H3,(H2,13,15,16)/t5-,6+,10+/m1/s1. The Morgan fingerprint density at radius 3 is 3.05 bits per heavy atom. The predicted molar refractivity (Wildman–Crippen MR) is 69.5 cm³/mol. The van der Waals surface area contributed by atoms with E-state index in [0.29, 0.717) is 11.2 Å². The van der Waals surface area contributed by atoms with E-state index in [9.17, 15) is 5.11 Å². The number of aliphatic hydroxyl groups excluding tert-OH is 1. The molecule has 7 nitrogen and oxygen atoms in total. The Kier molecular flexibility index (Phi) is 3.04. The molecule has 0 aromatic carbocycles. The number of aromatic nitrogens is 4. The number of hydrogen-bond donors (Lipinski definition) is 2. The van der Waals surface area contributed by atoms with Gasteiger partial charge in [-0.3, -0.25) is 4.57 Å². The van der Waals surface area contributed by atoms with Crippen molar-refractivity contribution in [2.24, 2.45) is 5.92 Å². The smallest absolute Gasteiger partial charge is 0.223 e. The summed E-state index contributed by atoms with van der Waals surface area (Å²) in [5.41, 5.74) is 6.66. The second kappa shape index (κ2) is 4.59. The lowest BCUT2D eigenvalue weighted by atomic mass is 10.1. The van der Waals surface area contributed by atoms with Gasteiger partial charge < -0.3 is 15.6 Å². The topological polar surface area (TPSA) is 99.1 Å². The van der Waals surface area contributed by atoms with Crippen LogP contribution >= 0.6 is 11.6 Å². The fourth-order valence-electron chi connectivity index (χ4n) is 2.46. The molecule has 8 heteroatoms. The lowest BCUT2D eigenvalue weighted by Gasteiger charge is -2.17. The van der Waals surface area contributed by atoms with Gasteiger partial charge in [0.25, 0.3) is 0 Å². The summed E-state index contributed by atoms with van der Waals surface area (Å²) in [6.07, 6.45) is 2.01. The molecule has 102 valence electrons. The lowest BCUT2D eigenvalue weighted by molar-refractivity contribution is -0.0294. The van der Waals surface area contributed by atoms with Crippen LogP contribution in [-0.4, -0.2) is 37.3 Å². The summed E-state index contributed by atoms with van der Waals surface area (Å²) < 4.78 is 7.57. The van der Waals surface area contributed by atoms with Gasteiger partial charge in [-0.25, -0.2) is 4.98 Å². The number of hydrogen-bond acceptors (Lipinski definition) is 6. The normalized spacial score (nSPS) is 27.2. The number of fused-ring (bicyclic) bond motifs is 1. The number of rotatable bonds is 2. The van der Waals surface area contributed by atoms with Crippen molar-refractivity contribution in [3.8, 4) is 0 Å². The monoisotopic (exact) mass is 283 g/mol. The van der Waals surface area contributed by atoms with E-state index in [-0.39, 0.29) is 36.0 Å². The van der Waals surface area contributed by atoms with Gasteiger partial charge in [-0.2, -0.15) is 9.97 Å². The van der Waals surface area contributed by atoms with Crippen molar-refractivity contribution < 1.29 is 9.84 Å². The molecule has 1 saturated heterocycles. The summed E-state index contributed by atoms with van der Waals surface area (Å²) in [6.45, 7) is 2.06. The Bertz CT molecular complexity index is 616. The van der Waals surface area contributed by atoms with Crippen molar-refractivity contribution >= 4 is 28.7 Å². The van der Waals surface area contributed by atoms with Gasteiger partial charge in [0.1, 0.15) is 11.7 Å². The Labute approximate surface area is 114 Å². The number of halogens is 1. The molecule has 3 N–H and O–H groups in total. The highest BCUT2D eigenvalue weighted by molar-refractivity contribution is 6.33. The van der Waals surface area contributed by atoms with Crippen molar-refractivity contribution in [3.63, 3.8) is 0 Å². The van der Waals surface area contributed by atoms with Crippen molar-refractivity contribution in [1.82, 2.24) is 19.5 Å². The summed E-state index contributed by atoms with van der Waals surface area (Å²) in [6, 6.07) is 0. The lowest BCUT2D eigenvalue weighted by Crippen LogP contribution is -2.15. The minimum absolute atomic E-state index is 0.00531. The minimum Gasteiger partial charge on any atom is -0.394 e. The highest BCUT2D eigenvalue weighted by Gasteiger charge is 2.34. The Balaban J connectivity index is 2.06. The molecule has 0 radical (unpaired) electrons. The second-order valence-corrected chi connectivity index (χ2v) is 5.10. The van der Waals surface area contributed by atoms with Gasteiger partial charge in [0.2, 0.25) is 5.95 Å². The zero-order chi connectivity index (χ0) is 13.6. The first-order chi connectivity index (χ1) is 9.10. The average molecular weight is 284 g/mol. The summed E-state index contributed by atoms with van der Waals surface area (Å²) in [5, 5.41) is 9.41. The third-order valence-corrected chi connectivity index (χ3v) is 3.59. The number of anilines is 1. The van der Waals surface area contributed by atoms with Crippen LogP contribution in [0, 0.1) is 5.92 Å². The van der Waals surface area contributed by atoms with Gasteiger partial charge in [-0.05, 0) is 6.42 Å². The van der Waals surface area contributed by atoms with Crippen LogP contribution in [0.3, 0.4) is 0 Å². The Hall–Kier alpha value is -1.44. The maximum atomic E-state index is 9.18. The quantitative estimate of drug-likeness (QED) is 0.797. The maximum absolute atomic E-state index is 9.18. The highest BCUT2D eigenvalue weighted by Crippen LogP contribution is 2.36. The highest BCUT2D eigenvalue weighted by atomic mass is 35.5. The number of nitrogens with zero attached hydrogens (tertiary/aromatic N) is 4. The third-order valence-electron chi connectivity index (χ3n) is 3.33. The molecule has 1 fully saturated rings. The van der Waals surface area contributed by atoms with E-state index in [2.05, 4.69) is 21.9 Å². The molecule has 3 heterocycles. The molecular weight excluding hydrogens is 270 g/mol. The molecule has 0 spiro atoms.